The quantitative estimate of drug-likeness (QED) is 0.465. The number of hydrogen-bond donors (Lipinski definition) is 2. The average molecular weight is 495 g/mol. The number of anilines is 1. The normalized spacial score (nSPS) is 12.8. The van der Waals surface area contributed by atoms with E-state index in [0.717, 1.165) is 24.5 Å². The van der Waals surface area contributed by atoms with Crippen molar-refractivity contribution in [3.05, 3.63) is 83.3 Å². The molecule has 0 aliphatic carbocycles. The monoisotopic (exact) mass is 495 g/mol. The molecular formula is C23H21F4N3O3S. The molecule has 6 nitrogen and oxygen atoms in total. The second-order valence-corrected chi connectivity index (χ2v) is 9.39. The summed E-state index contributed by atoms with van der Waals surface area (Å²) in [7, 11) is -3.67. The molecule has 1 unspecified atom stereocenters. The van der Waals surface area contributed by atoms with Gasteiger partial charge in [0, 0.05) is 18.3 Å². The van der Waals surface area contributed by atoms with E-state index in [-0.39, 0.29) is 17.8 Å². The maximum Gasteiger partial charge on any atom is 0.416 e. The molecule has 0 aliphatic rings. The Labute approximate surface area is 194 Å². The molecule has 0 saturated heterocycles. The molecule has 0 aliphatic heterocycles. The molecular weight excluding hydrogens is 474 g/mol. The minimum atomic E-state index is -4.54. The van der Waals surface area contributed by atoms with E-state index in [0.29, 0.717) is 16.8 Å². The molecule has 2 aromatic carbocycles. The Hall–Kier alpha value is -3.47. The number of nitrogens with zero attached hydrogens (tertiary/aromatic N) is 1. The SMILES string of the molecule is CC(C(=O)NCc1ccc(C(F)(F)F)cc1-c1ccccn1)c1ccc(NS(C)(=O)=O)c(F)c1. The number of benzene rings is 2. The number of halogens is 4. The fourth-order valence-corrected chi connectivity index (χ4v) is 3.80. The summed E-state index contributed by atoms with van der Waals surface area (Å²) < 4.78 is 78.6. The number of alkyl halides is 3. The van der Waals surface area contributed by atoms with Gasteiger partial charge in [0.15, 0.2) is 0 Å². The number of sulfonamides is 1. The summed E-state index contributed by atoms with van der Waals surface area (Å²) in [6.45, 7) is 1.45. The Kier molecular flexibility index (Phi) is 7.25. The lowest BCUT2D eigenvalue weighted by atomic mass is 9.98. The highest BCUT2D eigenvalue weighted by molar-refractivity contribution is 7.92. The Morgan fingerprint density at radius 3 is 2.41 bits per heavy atom. The molecule has 180 valence electrons. The van der Waals surface area contributed by atoms with Crippen LogP contribution >= 0.6 is 0 Å². The van der Waals surface area contributed by atoms with Gasteiger partial charge in [-0.05, 0) is 54.4 Å². The number of aromatic nitrogens is 1. The highest BCUT2D eigenvalue weighted by Gasteiger charge is 2.31. The van der Waals surface area contributed by atoms with Gasteiger partial charge in [0.1, 0.15) is 5.82 Å². The lowest BCUT2D eigenvalue weighted by molar-refractivity contribution is -0.137. The first-order valence-corrected chi connectivity index (χ1v) is 11.9. The van der Waals surface area contributed by atoms with Gasteiger partial charge in [-0.1, -0.05) is 18.2 Å². The van der Waals surface area contributed by atoms with Gasteiger partial charge in [-0.2, -0.15) is 13.2 Å². The van der Waals surface area contributed by atoms with E-state index in [1.54, 1.807) is 18.2 Å². The first kappa shape index (κ1) is 25.2. The smallest absolute Gasteiger partial charge is 0.351 e. The zero-order chi connectivity index (χ0) is 25.1. The predicted molar refractivity (Wildman–Crippen MR) is 120 cm³/mol. The van der Waals surface area contributed by atoms with Crippen LogP contribution in [0.25, 0.3) is 11.3 Å². The lowest BCUT2D eigenvalue weighted by Gasteiger charge is -2.17. The van der Waals surface area contributed by atoms with E-state index in [1.807, 2.05) is 4.72 Å². The summed E-state index contributed by atoms with van der Waals surface area (Å²) in [5, 5.41) is 2.66. The van der Waals surface area contributed by atoms with E-state index in [9.17, 15) is 30.8 Å². The maximum atomic E-state index is 14.3. The van der Waals surface area contributed by atoms with Crippen LogP contribution < -0.4 is 10.0 Å². The Morgan fingerprint density at radius 1 is 1.09 bits per heavy atom. The molecule has 0 radical (unpaired) electrons. The minimum absolute atomic E-state index is 0.0799. The number of nitrogens with one attached hydrogen (secondary N) is 2. The van der Waals surface area contributed by atoms with Gasteiger partial charge in [0.05, 0.1) is 29.1 Å². The number of carbonyl (C=O) groups is 1. The van der Waals surface area contributed by atoms with Crippen LogP contribution in [0.3, 0.4) is 0 Å². The van der Waals surface area contributed by atoms with E-state index in [2.05, 4.69) is 10.3 Å². The van der Waals surface area contributed by atoms with Crippen LogP contribution in [0.15, 0.2) is 60.8 Å². The van der Waals surface area contributed by atoms with Crippen LogP contribution in [-0.2, 0) is 27.5 Å². The summed E-state index contributed by atoms with van der Waals surface area (Å²) >= 11 is 0. The van der Waals surface area contributed by atoms with Gasteiger partial charge in [-0.15, -0.1) is 0 Å². The first-order valence-electron chi connectivity index (χ1n) is 10.0. The topological polar surface area (TPSA) is 88.2 Å². The molecule has 3 rings (SSSR count). The van der Waals surface area contributed by atoms with Crippen LogP contribution in [0.2, 0.25) is 0 Å². The zero-order valence-corrected chi connectivity index (χ0v) is 19.0. The van der Waals surface area contributed by atoms with Crippen molar-refractivity contribution in [3.8, 4) is 11.3 Å². The summed E-state index contributed by atoms with van der Waals surface area (Å²) in [5.41, 5.74) is 0.184. The number of hydrogen-bond acceptors (Lipinski definition) is 4. The van der Waals surface area contributed by atoms with Crippen LogP contribution in [0.1, 0.15) is 29.5 Å². The molecule has 2 N–H and O–H groups in total. The molecule has 1 aromatic heterocycles. The van der Waals surface area contributed by atoms with Crippen molar-refractivity contribution >= 4 is 21.6 Å². The maximum absolute atomic E-state index is 14.3. The van der Waals surface area contributed by atoms with Crippen LogP contribution in [0.5, 0.6) is 0 Å². The third kappa shape index (κ3) is 6.31. The molecule has 1 heterocycles. The number of amides is 1. The largest absolute Gasteiger partial charge is 0.416 e. The Morgan fingerprint density at radius 2 is 1.82 bits per heavy atom. The molecule has 34 heavy (non-hydrogen) atoms. The van der Waals surface area contributed by atoms with Gasteiger partial charge < -0.3 is 5.32 Å². The fraction of sp³-hybridized carbons (Fsp3) is 0.217. The molecule has 0 bridgehead atoms. The first-order chi connectivity index (χ1) is 15.8. The summed E-state index contributed by atoms with van der Waals surface area (Å²) in [6, 6.07) is 11.7. The standard InChI is InChI=1S/C23H21F4N3O3S/c1-14(15-7-9-21(19(24)11-15)30-34(2,32)33)22(31)29-13-16-6-8-17(23(25,26)27)12-18(16)20-5-3-4-10-28-20/h3-12,14,30H,13H2,1-2H3,(H,29,31). The average Bonchev–Trinajstić information content (AvgIpc) is 2.77. The van der Waals surface area contributed by atoms with Crippen LogP contribution in [-0.4, -0.2) is 25.6 Å². The van der Waals surface area contributed by atoms with Gasteiger partial charge in [0.25, 0.3) is 0 Å². The van der Waals surface area contributed by atoms with Gasteiger partial charge >= 0.3 is 6.18 Å². The fourth-order valence-electron chi connectivity index (χ4n) is 3.24. The molecule has 3 aromatic rings. The van der Waals surface area contributed by atoms with E-state index >= 15 is 0 Å². The second kappa shape index (κ2) is 9.80. The van der Waals surface area contributed by atoms with E-state index in [4.69, 9.17) is 0 Å². The molecule has 0 spiro atoms. The van der Waals surface area contributed by atoms with Crippen molar-refractivity contribution in [2.45, 2.75) is 25.6 Å². The van der Waals surface area contributed by atoms with Crippen molar-refractivity contribution < 1.29 is 30.8 Å². The van der Waals surface area contributed by atoms with Crippen molar-refractivity contribution in [1.82, 2.24) is 10.3 Å². The minimum Gasteiger partial charge on any atom is -0.351 e. The number of rotatable bonds is 7. The van der Waals surface area contributed by atoms with Crippen molar-refractivity contribution in [2.75, 3.05) is 11.0 Å². The highest BCUT2D eigenvalue weighted by atomic mass is 32.2. The van der Waals surface area contributed by atoms with Crippen molar-refractivity contribution in [2.24, 2.45) is 0 Å². The Balaban J connectivity index is 1.80. The van der Waals surface area contributed by atoms with Gasteiger partial charge in [-0.3, -0.25) is 14.5 Å². The van der Waals surface area contributed by atoms with E-state index < -0.39 is 39.4 Å². The summed E-state index contributed by atoms with van der Waals surface area (Å²) in [5.74, 6) is -2.15. The van der Waals surface area contributed by atoms with Gasteiger partial charge in [0.2, 0.25) is 15.9 Å². The van der Waals surface area contributed by atoms with Crippen LogP contribution in [0.4, 0.5) is 23.2 Å². The van der Waals surface area contributed by atoms with Crippen LogP contribution in [0, 0.1) is 5.82 Å². The third-order valence-corrected chi connectivity index (χ3v) is 5.60. The Bertz CT molecular complexity index is 1300. The lowest BCUT2D eigenvalue weighted by Crippen LogP contribution is -2.28. The number of carbonyl (C=O) groups excluding carboxylic acids is 1. The summed E-state index contributed by atoms with van der Waals surface area (Å²) in [4.78, 5) is 16.8. The zero-order valence-electron chi connectivity index (χ0n) is 18.2. The van der Waals surface area contributed by atoms with Crippen molar-refractivity contribution in [3.63, 3.8) is 0 Å². The molecule has 11 heteroatoms. The third-order valence-electron chi connectivity index (χ3n) is 5.01. The molecule has 0 saturated carbocycles. The van der Waals surface area contributed by atoms with E-state index in [1.165, 1.54) is 31.3 Å². The number of pyridine rings is 1. The molecule has 0 fully saturated rings. The van der Waals surface area contributed by atoms with Gasteiger partial charge in [-0.25, -0.2) is 12.8 Å². The molecule has 1 atom stereocenters. The predicted octanol–water partition coefficient (Wildman–Crippen LogP) is 4.70. The molecule has 1 amide bonds. The summed E-state index contributed by atoms with van der Waals surface area (Å²) in [6.07, 6.45) is -2.20. The highest BCUT2D eigenvalue weighted by Crippen LogP contribution is 2.33. The van der Waals surface area contributed by atoms with Crippen molar-refractivity contribution in [1.29, 1.82) is 0 Å². The second-order valence-electron chi connectivity index (χ2n) is 7.64.